The number of carbonyl (C=O) groups excluding carboxylic acids is 2. The fourth-order valence-corrected chi connectivity index (χ4v) is 14.5. The third kappa shape index (κ3) is 17.7. The van der Waals surface area contributed by atoms with Crippen molar-refractivity contribution in [2.24, 2.45) is 11.8 Å². The van der Waals surface area contributed by atoms with E-state index in [2.05, 4.69) is 56.0 Å². The number of rotatable bonds is 16. The molecule has 10 nitrogen and oxygen atoms in total. The number of likely N-dealkylation sites (tertiary alicyclic amines) is 2. The zero-order valence-electron chi connectivity index (χ0n) is 50.1. The molecule has 21 heteroatoms. The average molecular weight is 1390 g/mol. The van der Waals surface area contributed by atoms with Crippen LogP contribution in [0.5, 0.6) is 0 Å². The second-order valence-corrected chi connectivity index (χ2v) is 28.1. The maximum absolute atomic E-state index is 13.4. The van der Waals surface area contributed by atoms with Gasteiger partial charge < -0.3 is 18.9 Å². The standard InChI is InChI=1S/C33H41Cl2F3N3O2.C32H38Cl2F3N3O2.HI/c1-32(2,3)43-30(42)16-21-12-15-41(4,19-21)20-29-27-17-22-7-8-23(34)18-26(22)25(27)11-14-40(29)13-5-6-24-9-10-28(35)31(39-24)33(36,37)38;1-31(2,3)42-29(41)15-20-10-13-39(18-20)19-28-26-16-21-6-7-22(33)17-25(21)24(26)11-14-40(28)12-4-5-23-8-9-27(34)30(38-23)32(35,36)37;/h7-10,18,21,29H,5-6,11-17,19-20H2,1-4H3;6-9,17,20,28H,4-5,10-16,18-19H2,1-3H3;1H/q+1;;. The van der Waals surface area contributed by atoms with Crippen LogP contribution in [-0.2, 0) is 57.1 Å². The largest absolute Gasteiger partial charge is 0.460 e. The van der Waals surface area contributed by atoms with Crippen LogP contribution in [0.2, 0.25) is 20.1 Å². The lowest BCUT2D eigenvalue weighted by Crippen LogP contribution is -2.54. The zero-order chi connectivity index (χ0) is 61.4. The summed E-state index contributed by atoms with van der Waals surface area (Å²) in [6.07, 6.45) is -0.508. The first-order chi connectivity index (χ1) is 39.9. The Balaban J connectivity index is 0.000000221. The van der Waals surface area contributed by atoms with E-state index in [-0.39, 0.29) is 69.9 Å². The van der Waals surface area contributed by atoms with Crippen LogP contribution in [0, 0.1) is 11.8 Å². The van der Waals surface area contributed by atoms with Gasteiger partial charge in [-0.2, -0.15) is 26.3 Å². The Labute approximate surface area is 539 Å². The predicted molar refractivity (Wildman–Crippen MR) is 339 cm³/mol. The first kappa shape index (κ1) is 68.4. The summed E-state index contributed by atoms with van der Waals surface area (Å²) in [5, 5.41) is 0.724. The minimum absolute atomic E-state index is 0. The number of aryl methyl sites for hydroxylation is 2. The Bertz CT molecular complexity index is 3180. The summed E-state index contributed by atoms with van der Waals surface area (Å²) >= 11 is 24.3. The monoisotopic (exact) mass is 1390 g/mol. The van der Waals surface area contributed by atoms with Gasteiger partial charge in [0.15, 0.2) is 11.4 Å². The van der Waals surface area contributed by atoms with Crippen LogP contribution in [-0.4, -0.2) is 137 Å². The van der Waals surface area contributed by atoms with Gasteiger partial charge in [-0.15, -0.1) is 24.0 Å². The molecule has 6 heterocycles. The Morgan fingerprint density at radius 3 is 1.57 bits per heavy atom. The summed E-state index contributed by atoms with van der Waals surface area (Å²) in [5.41, 5.74) is 8.49. The lowest BCUT2D eigenvalue weighted by atomic mass is 9.91. The number of halogens is 11. The van der Waals surface area contributed by atoms with E-state index in [1.807, 2.05) is 53.7 Å². The number of benzene rings is 2. The molecule has 10 rings (SSSR count). The van der Waals surface area contributed by atoms with Crippen LogP contribution in [0.4, 0.5) is 26.3 Å². The number of nitrogens with zero attached hydrogens (tertiary/aromatic N) is 6. The fourth-order valence-electron chi connectivity index (χ4n) is 13.8. The van der Waals surface area contributed by atoms with Crippen molar-refractivity contribution in [3.8, 4) is 0 Å². The highest BCUT2D eigenvalue weighted by Gasteiger charge is 2.44. The summed E-state index contributed by atoms with van der Waals surface area (Å²) in [7, 11) is 2.29. The molecule has 0 amide bonds. The van der Waals surface area contributed by atoms with Crippen molar-refractivity contribution in [3.05, 3.63) is 137 Å². The Morgan fingerprint density at radius 2 is 1.09 bits per heavy atom. The van der Waals surface area contributed by atoms with Gasteiger partial charge >= 0.3 is 24.3 Å². The molecule has 4 aliphatic heterocycles. The maximum Gasteiger partial charge on any atom is 0.434 e. The van der Waals surface area contributed by atoms with E-state index in [4.69, 9.17) is 55.9 Å². The summed E-state index contributed by atoms with van der Waals surface area (Å²) in [6.45, 7) is 20.1. The average Bonchev–Trinajstić information content (AvgIpc) is 1.67. The quantitative estimate of drug-likeness (QED) is 0.0471. The number of likely N-dealkylation sites (N-methyl/N-ethyl adjacent to an activating group) is 1. The van der Waals surface area contributed by atoms with Gasteiger partial charge in [0.1, 0.15) is 11.2 Å². The Morgan fingerprint density at radius 1 is 0.628 bits per heavy atom. The first-order valence-corrected chi connectivity index (χ1v) is 31.3. The van der Waals surface area contributed by atoms with Crippen LogP contribution >= 0.6 is 70.4 Å². The molecule has 2 aliphatic carbocycles. The minimum atomic E-state index is -4.58. The SMILES string of the molecule is CC(C)(C)OC(=O)CC1CCN(CC2C3=C(CCN2CCCc2ccc(Cl)c(C(F)(F)F)n2)c2cc(Cl)ccc2C3)C1.CC(C)(C)OC(=O)CC1CC[N+](C)(CC2C3=C(CCN2CCCc2ccc(Cl)c(C(F)(F)F)n2)c2cc(Cl)ccc2C3)C1.I. The number of fused-ring (bicyclic) bond motifs is 4. The van der Waals surface area contributed by atoms with Gasteiger partial charge in [-0.3, -0.25) is 19.4 Å². The molecule has 0 spiro atoms. The number of aromatic nitrogens is 2. The highest BCUT2D eigenvalue weighted by Crippen LogP contribution is 2.45. The van der Waals surface area contributed by atoms with Gasteiger partial charge in [0.2, 0.25) is 0 Å². The van der Waals surface area contributed by atoms with Crippen LogP contribution < -0.4 is 0 Å². The molecule has 470 valence electrons. The van der Waals surface area contributed by atoms with Crippen molar-refractivity contribution in [1.29, 1.82) is 0 Å². The molecule has 2 aromatic heterocycles. The van der Waals surface area contributed by atoms with Crippen LogP contribution in [0.3, 0.4) is 0 Å². The number of alkyl halides is 6. The molecule has 5 atom stereocenters. The number of hydrogen-bond acceptors (Lipinski definition) is 9. The molecule has 0 saturated carbocycles. The molecular formula is C65H80Cl4F6IN6O4+. The number of carbonyl (C=O) groups is 2. The molecule has 0 bridgehead atoms. The van der Waals surface area contributed by atoms with Gasteiger partial charge in [0.05, 0.1) is 49.2 Å². The van der Waals surface area contributed by atoms with E-state index in [0.717, 1.165) is 119 Å². The smallest absolute Gasteiger partial charge is 0.434 e. The molecule has 5 unspecified atom stereocenters. The number of esters is 2. The van der Waals surface area contributed by atoms with Crippen molar-refractivity contribution in [1.82, 2.24) is 24.7 Å². The van der Waals surface area contributed by atoms with E-state index in [1.165, 1.54) is 56.7 Å². The highest BCUT2D eigenvalue weighted by molar-refractivity contribution is 14.0. The zero-order valence-corrected chi connectivity index (χ0v) is 55.5. The molecule has 2 fully saturated rings. The van der Waals surface area contributed by atoms with E-state index in [1.54, 1.807) is 12.1 Å². The molecular weight excluding hydrogens is 1310 g/mol. The first-order valence-electron chi connectivity index (χ1n) is 29.8. The summed E-state index contributed by atoms with van der Waals surface area (Å²) < 4.78 is 92.1. The molecule has 0 radical (unpaired) electrons. The third-order valence-electron chi connectivity index (χ3n) is 17.4. The van der Waals surface area contributed by atoms with Crippen molar-refractivity contribution in [2.45, 2.75) is 154 Å². The lowest BCUT2D eigenvalue weighted by Gasteiger charge is -2.42. The van der Waals surface area contributed by atoms with Gasteiger partial charge in [0.25, 0.3) is 0 Å². The van der Waals surface area contributed by atoms with E-state index in [9.17, 15) is 35.9 Å². The second-order valence-electron chi connectivity index (χ2n) is 26.4. The summed E-state index contributed by atoms with van der Waals surface area (Å²) in [4.78, 5) is 40.1. The molecule has 0 N–H and O–H groups in total. The normalized spacial score (nSPS) is 22.7. The topological polar surface area (TPSA) is 88.1 Å². The van der Waals surface area contributed by atoms with Crippen LogP contribution in [0.15, 0.2) is 71.8 Å². The van der Waals surface area contributed by atoms with Gasteiger partial charge in [-0.25, -0.2) is 9.97 Å². The van der Waals surface area contributed by atoms with E-state index < -0.39 is 34.9 Å². The number of quaternary nitrogens is 1. The fraction of sp³-hybridized carbons (Fsp3) is 0.569. The van der Waals surface area contributed by atoms with Gasteiger partial charge in [-0.05, 0) is 218 Å². The van der Waals surface area contributed by atoms with Crippen molar-refractivity contribution >= 4 is 93.5 Å². The number of ether oxygens (including phenoxy) is 2. The van der Waals surface area contributed by atoms with E-state index >= 15 is 0 Å². The van der Waals surface area contributed by atoms with Crippen LogP contribution in [0.1, 0.15) is 138 Å². The summed E-state index contributed by atoms with van der Waals surface area (Å²) in [6, 6.07) is 18.4. The van der Waals surface area contributed by atoms with Crippen molar-refractivity contribution in [2.75, 3.05) is 72.5 Å². The highest BCUT2D eigenvalue weighted by atomic mass is 127. The molecule has 2 aromatic carbocycles. The Hall–Kier alpha value is -3.53. The molecule has 6 aliphatic rings. The lowest BCUT2D eigenvalue weighted by molar-refractivity contribution is -0.900. The van der Waals surface area contributed by atoms with Crippen LogP contribution in [0.25, 0.3) is 11.1 Å². The second kappa shape index (κ2) is 27.9. The van der Waals surface area contributed by atoms with Crippen molar-refractivity contribution in [3.63, 3.8) is 0 Å². The predicted octanol–water partition coefficient (Wildman–Crippen LogP) is 15.7. The van der Waals surface area contributed by atoms with Gasteiger partial charge in [-0.1, -0.05) is 58.5 Å². The molecule has 2 saturated heterocycles. The number of hydrogen-bond donors (Lipinski definition) is 0. The maximum atomic E-state index is 13.4. The number of pyridine rings is 2. The third-order valence-corrected chi connectivity index (χ3v) is 18.4. The Kier molecular flexibility index (Phi) is 22.2. The molecule has 4 aromatic rings. The van der Waals surface area contributed by atoms with Gasteiger partial charge in [0, 0.05) is 72.4 Å². The van der Waals surface area contributed by atoms with E-state index in [0.29, 0.717) is 49.9 Å². The van der Waals surface area contributed by atoms with Crippen molar-refractivity contribution < 1.29 is 49.9 Å². The summed E-state index contributed by atoms with van der Waals surface area (Å²) in [5.74, 6) is 0.265. The minimum Gasteiger partial charge on any atom is -0.460 e. The molecule has 86 heavy (non-hydrogen) atoms.